The first-order chi connectivity index (χ1) is 9.49. The van der Waals surface area contributed by atoms with Gasteiger partial charge in [-0.3, -0.25) is 15.1 Å². The van der Waals surface area contributed by atoms with Crippen LogP contribution < -0.4 is 4.74 Å². The van der Waals surface area contributed by atoms with Crippen molar-refractivity contribution in [1.82, 2.24) is 4.98 Å². The zero-order valence-electron chi connectivity index (χ0n) is 11.1. The largest absolute Gasteiger partial charge is 0.448 e. The molecule has 0 aliphatic heterocycles. The van der Waals surface area contributed by atoms with Gasteiger partial charge in [0.2, 0.25) is 5.75 Å². The number of aliphatic hydroxyl groups is 1. The fraction of sp³-hybridized carbons (Fsp3) is 0.214. The molecule has 0 saturated carbocycles. The van der Waals surface area contributed by atoms with E-state index in [0.717, 1.165) is 0 Å². The van der Waals surface area contributed by atoms with Crippen LogP contribution in [0.25, 0.3) is 0 Å². The molecule has 0 saturated heterocycles. The van der Waals surface area contributed by atoms with Crippen molar-refractivity contribution in [3.63, 3.8) is 0 Å². The second-order valence-electron chi connectivity index (χ2n) is 4.38. The zero-order chi connectivity index (χ0) is 14.7. The number of hydrogen-bond acceptors (Lipinski definition) is 5. The number of hydrogen-bond donors (Lipinski definition) is 1. The van der Waals surface area contributed by atoms with E-state index in [0.29, 0.717) is 17.0 Å². The van der Waals surface area contributed by atoms with Gasteiger partial charge in [-0.05, 0) is 32.0 Å². The molecule has 1 heterocycles. The molecule has 1 N–H and O–H groups in total. The number of para-hydroxylation sites is 1. The highest BCUT2D eigenvalue weighted by atomic mass is 16.6. The van der Waals surface area contributed by atoms with Gasteiger partial charge in [0, 0.05) is 5.56 Å². The van der Waals surface area contributed by atoms with E-state index in [1.165, 1.54) is 12.3 Å². The molecule has 0 amide bonds. The molecule has 0 radical (unpaired) electrons. The minimum absolute atomic E-state index is 0.0629. The van der Waals surface area contributed by atoms with E-state index in [1.54, 1.807) is 38.1 Å². The van der Waals surface area contributed by atoms with E-state index in [4.69, 9.17) is 4.74 Å². The van der Waals surface area contributed by atoms with Crippen LogP contribution in [0.3, 0.4) is 0 Å². The van der Waals surface area contributed by atoms with Crippen LogP contribution in [-0.4, -0.2) is 15.0 Å². The van der Waals surface area contributed by atoms with E-state index in [-0.39, 0.29) is 11.4 Å². The normalized spacial score (nSPS) is 11.9. The first kappa shape index (κ1) is 14.0. The smallest absolute Gasteiger partial charge is 0.314 e. The highest BCUT2D eigenvalue weighted by Gasteiger charge is 2.18. The van der Waals surface area contributed by atoms with Crippen molar-refractivity contribution in [2.75, 3.05) is 0 Å². The van der Waals surface area contributed by atoms with Crippen molar-refractivity contribution < 1.29 is 14.8 Å². The average molecular weight is 274 g/mol. The summed E-state index contributed by atoms with van der Waals surface area (Å²) < 4.78 is 5.50. The van der Waals surface area contributed by atoms with Crippen LogP contribution in [0.2, 0.25) is 0 Å². The molecule has 104 valence electrons. The summed E-state index contributed by atoms with van der Waals surface area (Å²) in [6, 6.07) is 8.10. The number of rotatable bonds is 4. The van der Waals surface area contributed by atoms with Gasteiger partial charge in [0.25, 0.3) is 0 Å². The standard InChI is InChI=1S/C14H14N2O4/c1-9-4-3-5-13(14(9)16(18)19)20-11-6-7-12(10(2)17)15-8-11/h3-8,10,17H,1-2H3/t10-/m0/s1. The quantitative estimate of drug-likeness (QED) is 0.683. The summed E-state index contributed by atoms with van der Waals surface area (Å²) >= 11 is 0. The number of nitro groups is 1. The Kier molecular flexibility index (Phi) is 3.95. The minimum atomic E-state index is -0.669. The molecule has 2 rings (SSSR count). The van der Waals surface area contributed by atoms with Gasteiger partial charge in [-0.25, -0.2) is 0 Å². The summed E-state index contributed by atoms with van der Waals surface area (Å²) in [6.07, 6.45) is 0.756. The Bertz CT molecular complexity index is 624. The number of nitro benzene ring substituents is 1. The molecular formula is C14H14N2O4. The number of pyridine rings is 1. The Morgan fingerprint density at radius 3 is 2.65 bits per heavy atom. The lowest BCUT2D eigenvalue weighted by Gasteiger charge is -2.08. The molecule has 6 heteroatoms. The molecule has 0 spiro atoms. The van der Waals surface area contributed by atoms with E-state index >= 15 is 0 Å². The molecule has 6 nitrogen and oxygen atoms in total. The highest BCUT2D eigenvalue weighted by molar-refractivity contribution is 5.53. The zero-order valence-corrected chi connectivity index (χ0v) is 11.1. The van der Waals surface area contributed by atoms with Crippen LogP contribution in [0.4, 0.5) is 5.69 Å². The fourth-order valence-corrected chi connectivity index (χ4v) is 1.77. The number of benzene rings is 1. The third kappa shape index (κ3) is 2.92. The van der Waals surface area contributed by atoms with Crippen LogP contribution in [0.5, 0.6) is 11.5 Å². The SMILES string of the molecule is Cc1cccc(Oc2ccc([C@H](C)O)nc2)c1[N+](=O)[O-]. The van der Waals surface area contributed by atoms with Crippen molar-refractivity contribution >= 4 is 5.69 Å². The summed E-state index contributed by atoms with van der Waals surface area (Å²) in [6.45, 7) is 3.26. The lowest BCUT2D eigenvalue weighted by Crippen LogP contribution is -1.98. The molecule has 0 fully saturated rings. The van der Waals surface area contributed by atoms with Gasteiger partial charge in [0.15, 0.2) is 0 Å². The number of aryl methyl sites for hydroxylation is 1. The molecule has 1 aromatic carbocycles. The Morgan fingerprint density at radius 1 is 1.35 bits per heavy atom. The van der Waals surface area contributed by atoms with E-state index in [2.05, 4.69) is 4.98 Å². The number of ether oxygens (including phenoxy) is 1. The Labute approximate surface area is 115 Å². The molecule has 0 bridgehead atoms. The molecule has 0 unspecified atom stereocenters. The van der Waals surface area contributed by atoms with Gasteiger partial charge in [-0.15, -0.1) is 0 Å². The van der Waals surface area contributed by atoms with Crippen molar-refractivity contribution in [2.24, 2.45) is 0 Å². The van der Waals surface area contributed by atoms with Gasteiger partial charge in [-0.1, -0.05) is 12.1 Å². The van der Waals surface area contributed by atoms with E-state index in [1.807, 2.05) is 0 Å². The molecule has 0 aliphatic carbocycles. The summed E-state index contributed by atoms with van der Waals surface area (Å²) in [5, 5.41) is 20.4. The van der Waals surface area contributed by atoms with Crippen LogP contribution in [0, 0.1) is 17.0 Å². The average Bonchev–Trinajstić information content (AvgIpc) is 2.39. The number of aromatic nitrogens is 1. The van der Waals surface area contributed by atoms with Gasteiger partial charge in [0.05, 0.1) is 22.9 Å². The van der Waals surface area contributed by atoms with E-state index < -0.39 is 11.0 Å². The van der Waals surface area contributed by atoms with Gasteiger partial charge >= 0.3 is 5.69 Å². The monoisotopic (exact) mass is 274 g/mol. The predicted molar refractivity (Wildman–Crippen MR) is 72.8 cm³/mol. The maximum absolute atomic E-state index is 11.1. The lowest BCUT2D eigenvalue weighted by atomic mass is 10.2. The second-order valence-corrected chi connectivity index (χ2v) is 4.38. The summed E-state index contributed by atoms with van der Waals surface area (Å²) in [5.74, 6) is 0.546. The highest BCUT2D eigenvalue weighted by Crippen LogP contribution is 2.33. The van der Waals surface area contributed by atoms with Gasteiger partial charge in [0.1, 0.15) is 5.75 Å². The second kappa shape index (κ2) is 5.66. The topological polar surface area (TPSA) is 85.5 Å². The van der Waals surface area contributed by atoms with Gasteiger partial charge in [-0.2, -0.15) is 0 Å². The minimum Gasteiger partial charge on any atom is -0.448 e. The Hall–Kier alpha value is -2.47. The van der Waals surface area contributed by atoms with Crippen molar-refractivity contribution in [3.8, 4) is 11.5 Å². The van der Waals surface area contributed by atoms with Crippen molar-refractivity contribution in [1.29, 1.82) is 0 Å². The molecule has 2 aromatic rings. The molecule has 0 aliphatic rings. The van der Waals surface area contributed by atoms with Crippen LogP contribution in [-0.2, 0) is 0 Å². The fourth-order valence-electron chi connectivity index (χ4n) is 1.77. The third-order valence-electron chi connectivity index (χ3n) is 2.80. The maximum Gasteiger partial charge on any atom is 0.314 e. The van der Waals surface area contributed by atoms with Crippen molar-refractivity contribution in [2.45, 2.75) is 20.0 Å². The summed E-state index contributed by atoms with van der Waals surface area (Å²) in [7, 11) is 0. The lowest BCUT2D eigenvalue weighted by molar-refractivity contribution is -0.386. The Balaban J connectivity index is 2.30. The summed E-state index contributed by atoms with van der Waals surface area (Å²) in [4.78, 5) is 14.6. The first-order valence-corrected chi connectivity index (χ1v) is 6.05. The van der Waals surface area contributed by atoms with Crippen LogP contribution >= 0.6 is 0 Å². The number of nitrogens with zero attached hydrogens (tertiary/aromatic N) is 2. The molecular weight excluding hydrogens is 260 g/mol. The maximum atomic E-state index is 11.1. The van der Waals surface area contributed by atoms with Crippen LogP contribution in [0.1, 0.15) is 24.3 Å². The van der Waals surface area contributed by atoms with Crippen molar-refractivity contribution in [3.05, 3.63) is 57.9 Å². The number of aliphatic hydroxyl groups excluding tert-OH is 1. The molecule has 1 atom stereocenters. The summed E-state index contributed by atoms with van der Waals surface area (Å²) in [5.41, 5.74) is 0.976. The molecule has 20 heavy (non-hydrogen) atoms. The Morgan fingerprint density at radius 2 is 2.10 bits per heavy atom. The third-order valence-corrected chi connectivity index (χ3v) is 2.80. The van der Waals surface area contributed by atoms with E-state index in [9.17, 15) is 15.2 Å². The first-order valence-electron chi connectivity index (χ1n) is 6.05. The molecule has 1 aromatic heterocycles. The van der Waals surface area contributed by atoms with Gasteiger partial charge < -0.3 is 9.84 Å². The predicted octanol–water partition coefficient (Wildman–Crippen LogP) is 3.14. The van der Waals surface area contributed by atoms with Crippen LogP contribution in [0.15, 0.2) is 36.5 Å².